The maximum Gasteiger partial charge on any atom is 0.500 e. The SMILES string of the molecule is CO[Si](CC(C)CNCCc1ccccc1)(OC)OC. The molecular formula is C15H27NO3Si. The van der Waals surface area contributed by atoms with Crippen LogP contribution in [0.2, 0.25) is 6.04 Å². The molecule has 114 valence electrons. The van der Waals surface area contributed by atoms with Crippen LogP contribution in [0.15, 0.2) is 30.3 Å². The first kappa shape index (κ1) is 17.3. The molecule has 1 aromatic carbocycles. The standard InChI is InChI=1S/C15H27NO3Si/c1-14(13-20(17-2,18-3)19-4)12-16-11-10-15-8-6-5-7-9-15/h5-9,14,16H,10-13H2,1-4H3. The summed E-state index contributed by atoms with van der Waals surface area (Å²) in [6, 6.07) is 11.3. The van der Waals surface area contributed by atoms with Crippen molar-refractivity contribution < 1.29 is 13.3 Å². The van der Waals surface area contributed by atoms with Gasteiger partial charge in [0.1, 0.15) is 0 Å². The first-order valence-electron chi connectivity index (χ1n) is 7.06. The fourth-order valence-electron chi connectivity index (χ4n) is 2.22. The van der Waals surface area contributed by atoms with Crippen molar-refractivity contribution >= 4 is 8.80 Å². The van der Waals surface area contributed by atoms with E-state index in [9.17, 15) is 0 Å². The van der Waals surface area contributed by atoms with Crippen LogP contribution in [-0.4, -0.2) is 43.2 Å². The maximum atomic E-state index is 5.45. The van der Waals surface area contributed by atoms with Crippen LogP contribution in [-0.2, 0) is 19.7 Å². The van der Waals surface area contributed by atoms with Crippen LogP contribution >= 0.6 is 0 Å². The summed E-state index contributed by atoms with van der Waals surface area (Å²) in [6.45, 7) is 4.11. The Balaban J connectivity index is 2.24. The molecular weight excluding hydrogens is 270 g/mol. The molecule has 20 heavy (non-hydrogen) atoms. The quantitative estimate of drug-likeness (QED) is 0.531. The molecule has 0 heterocycles. The molecule has 0 aliphatic heterocycles. The molecule has 0 fully saturated rings. The van der Waals surface area contributed by atoms with E-state index < -0.39 is 8.80 Å². The average molecular weight is 297 g/mol. The number of rotatable bonds is 10. The highest BCUT2D eigenvalue weighted by Gasteiger charge is 2.39. The fourth-order valence-corrected chi connectivity index (χ4v) is 4.22. The van der Waals surface area contributed by atoms with Gasteiger partial charge in [-0.2, -0.15) is 0 Å². The van der Waals surface area contributed by atoms with Crippen molar-refractivity contribution in [1.82, 2.24) is 5.32 Å². The summed E-state index contributed by atoms with van der Waals surface area (Å²) in [5, 5.41) is 3.48. The summed E-state index contributed by atoms with van der Waals surface area (Å²) < 4.78 is 16.3. The molecule has 1 aromatic rings. The second-order valence-corrected chi connectivity index (χ2v) is 8.04. The van der Waals surface area contributed by atoms with Gasteiger partial charge in [0.2, 0.25) is 0 Å². The van der Waals surface area contributed by atoms with Gasteiger partial charge in [-0.3, -0.25) is 0 Å². The van der Waals surface area contributed by atoms with Crippen LogP contribution < -0.4 is 5.32 Å². The lowest BCUT2D eigenvalue weighted by Gasteiger charge is -2.27. The second kappa shape index (κ2) is 9.26. The molecule has 0 aliphatic carbocycles. The van der Waals surface area contributed by atoms with Crippen molar-refractivity contribution in [3.63, 3.8) is 0 Å². The molecule has 0 saturated heterocycles. The molecule has 1 N–H and O–H groups in total. The zero-order valence-electron chi connectivity index (χ0n) is 13.0. The topological polar surface area (TPSA) is 39.7 Å². The molecule has 0 bridgehead atoms. The Morgan fingerprint density at radius 3 is 2.20 bits per heavy atom. The molecule has 0 spiro atoms. The van der Waals surface area contributed by atoms with Gasteiger partial charge in [0, 0.05) is 27.4 Å². The molecule has 1 unspecified atom stereocenters. The van der Waals surface area contributed by atoms with Crippen molar-refractivity contribution in [2.45, 2.75) is 19.4 Å². The van der Waals surface area contributed by atoms with E-state index in [4.69, 9.17) is 13.3 Å². The third-order valence-electron chi connectivity index (χ3n) is 3.46. The molecule has 0 amide bonds. The second-order valence-electron chi connectivity index (χ2n) is 5.04. The minimum atomic E-state index is -2.44. The van der Waals surface area contributed by atoms with E-state index in [1.54, 1.807) is 21.3 Å². The van der Waals surface area contributed by atoms with Gasteiger partial charge >= 0.3 is 8.80 Å². The van der Waals surface area contributed by atoms with Crippen molar-refractivity contribution in [2.75, 3.05) is 34.4 Å². The predicted octanol–water partition coefficient (Wildman–Crippen LogP) is 2.33. The third kappa shape index (κ3) is 5.72. The highest BCUT2D eigenvalue weighted by atomic mass is 28.4. The number of hydrogen-bond acceptors (Lipinski definition) is 4. The van der Waals surface area contributed by atoms with Crippen LogP contribution in [0, 0.1) is 5.92 Å². The van der Waals surface area contributed by atoms with E-state index in [-0.39, 0.29) is 0 Å². The van der Waals surface area contributed by atoms with Crippen LogP contribution in [0.1, 0.15) is 12.5 Å². The van der Waals surface area contributed by atoms with E-state index in [1.165, 1.54) is 5.56 Å². The maximum absolute atomic E-state index is 5.45. The van der Waals surface area contributed by atoms with E-state index in [0.717, 1.165) is 25.6 Å². The third-order valence-corrected chi connectivity index (χ3v) is 6.52. The highest BCUT2D eigenvalue weighted by Crippen LogP contribution is 2.18. The largest absolute Gasteiger partial charge is 0.500 e. The number of nitrogens with one attached hydrogen (secondary N) is 1. The number of hydrogen-bond donors (Lipinski definition) is 1. The van der Waals surface area contributed by atoms with Crippen molar-refractivity contribution in [2.24, 2.45) is 5.92 Å². The smallest absolute Gasteiger partial charge is 0.377 e. The molecule has 5 heteroatoms. The summed E-state index contributed by atoms with van der Waals surface area (Å²) in [5.41, 5.74) is 1.36. The van der Waals surface area contributed by atoms with Crippen molar-refractivity contribution in [3.8, 4) is 0 Å². The van der Waals surface area contributed by atoms with E-state index in [0.29, 0.717) is 5.92 Å². The Morgan fingerprint density at radius 2 is 1.65 bits per heavy atom. The summed E-state index contributed by atoms with van der Waals surface area (Å²) in [6.07, 6.45) is 1.05. The monoisotopic (exact) mass is 297 g/mol. The molecule has 0 radical (unpaired) electrons. The zero-order valence-corrected chi connectivity index (χ0v) is 14.0. The molecule has 0 aromatic heterocycles. The van der Waals surface area contributed by atoms with E-state index >= 15 is 0 Å². The van der Waals surface area contributed by atoms with Crippen molar-refractivity contribution in [3.05, 3.63) is 35.9 Å². The zero-order chi connectivity index (χ0) is 14.8. The minimum absolute atomic E-state index is 0.456. The van der Waals surface area contributed by atoms with Gasteiger partial charge in [-0.15, -0.1) is 0 Å². The summed E-state index contributed by atoms with van der Waals surface area (Å²) in [7, 11) is 2.54. The summed E-state index contributed by atoms with van der Waals surface area (Å²) >= 11 is 0. The molecule has 1 atom stereocenters. The Labute approximate surface area is 123 Å². The Kier molecular flexibility index (Phi) is 8.02. The van der Waals surface area contributed by atoms with Crippen LogP contribution in [0.25, 0.3) is 0 Å². The van der Waals surface area contributed by atoms with E-state index in [1.807, 2.05) is 6.07 Å². The minimum Gasteiger partial charge on any atom is -0.377 e. The van der Waals surface area contributed by atoms with Gasteiger partial charge < -0.3 is 18.6 Å². The molecule has 4 nitrogen and oxygen atoms in total. The van der Waals surface area contributed by atoms with Crippen molar-refractivity contribution in [1.29, 1.82) is 0 Å². The fraction of sp³-hybridized carbons (Fsp3) is 0.600. The van der Waals surface area contributed by atoms with Crippen LogP contribution in [0.3, 0.4) is 0 Å². The number of benzene rings is 1. The van der Waals surface area contributed by atoms with Gasteiger partial charge in [-0.25, -0.2) is 0 Å². The molecule has 1 rings (SSSR count). The summed E-state index contributed by atoms with van der Waals surface area (Å²) in [4.78, 5) is 0. The lowest BCUT2D eigenvalue weighted by atomic mass is 10.1. The normalized spacial score (nSPS) is 13.4. The first-order chi connectivity index (χ1) is 9.65. The predicted molar refractivity (Wildman–Crippen MR) is 83.8 cm³/mol. The Morgan fingerprint density at radius 1 is 1.05 bits per heavy atom. The lowest BCUT2D eigenvalue weighted by Crippen LogP contribution is -2.45. The molecule has 0 aliphatic rings. The van der Waals surface area contributed by atoms with Crippen LogP contribution in [0.5, 0.6) is 0 Å². The lowest BCUT2D eigenvalue weighted by molar-refractivity contribution is 0.118. The van der Waals surface area contributed by atoms with Gasteiger partial charge in [0.15, 0.2) is 0 Å². The van der Waals surface area contributed by atoms with E-state index in [2.05, 4.69) is 36.5 Å². The Hall–Kier alpha value is -0.723. The highest BCUT2D eigenvalue weighted by molar-refractivity contribution is 6.60. The molecule has 0 saturated carbocycles. The van der Waals surface area contributed by atoms with Gasteiger partial charge in [0.05, 0.1) is 0 Å². The van der Waals surface area contributed by atoms with Crippen LogP contribution in [0.4, 0.5) is 0 Å². The summed E-state index contributed by atoms with van der Waals surface area (Å²) in [5.74, 6) is 0.456. The Bertz CT molecular complexity index is 349. The average Bonchev–Trinajstić information content (AvgIpc) is 2.50. The first-order valence-corrected chi connectivity index (χ1v) is 8.99. The van der Waals surface area contributed by atoms with Gasteiger partial charge in [-0.05, 0) is 31.0 Å². The van der Waals surface area contributed by atoms with Gasteiger partial charge in [0.25, 0.3) is 0 Å². The van der Waals surface area contributed by atoms with Gasteiger partial charge in [-0.1, -0.05) is 37.3 Å².